The summed E-state index contributed by atoms with van der Waals surface area (Å²) in [6.07, 6.45) is 0.819. The van der Waals surface area contributed by atoms with Crippen molar-refractivity contribution in [1.29, 1.82) is 0 Å². The molecule has 0 aliphatic rings. The lowest BCUT2D eigenvalue weighted by Gasteiger charge is -2.00. The van der Waals surface area contributed by atoms with E-state index in [1.165, 1.54) is 0 Å². The van der Waals surface area contributed by atoms with Crippen molar-refractivity contribution in [2.75, 3.05) is 5.73 Å². The number of rotatable bonds is 4. The van der Waals surface area contributed by atoms with E-state index in [-0.39, 0.29) is 5.78 Å². The van der Waals surface area contributed by atoms with E-state index >= 15 is 0 Å². The number of nitrogens with two attached hydrogens (primary N) is 1. The van der Waals surface area contributed by atoms with Gasteiger partial charge in [0.25, 0.3) is 0 Å². The topological polar surface area (TPSA) is 56.0 Å². The summed E-state index contributed by atoms with van der Waals surface area (Å²) in [7, 11) is 0. The minimum atomic E-state index is 0.175. The van der Waals surface area contributed by atoms with E-state index in [2.05, 4.69) is 4.98 Å². The maximum Gasteiger partial charge on any atom is 0.144 e. The SMILES string of the molecule is Nc1ccc(CC(=O)Cc2nc3ccccc3s2)cc1. The second-order valence-electron chi connectivity index (χ2n) is 4.71. The number of carbonyl (C=O) groups excluding carboxylic acids is 1. The fraction of sp³-hybridized carbons (Fsp3) is 0.125. The Morgan fingerprint density at radius 3 is 2.55 bits per heavy atom. The van der Waals surface area contributed by atoms with E-state index in [1.54, 1.807) is 11.3 Å². The molecule has 0 amide bonds. The van der Waals surface area contributed by atoms with Crippen LogP contribution in [0.15, 0.2) is 48.5 Å². The fourth-order valence-electron chi connectivity index (χ4n) is 2.09. The van der Waals surface area contributed by atoms with E-state index in [1.807, 2.05) is 48.5 Å². The summed E-state index contributed by atoms with van der Waals surface area (Å²) in [6.45, 7) is 0. The van der Waals surface area contributed by atoms with Gasteiger partial charge in [0, 0.05) is 12.1 Å². The van der Waals surface area contributed by atoms with Crippen LogP contribution in [0.3, 0.4) is 0 Å². The number of anilines is 1. The molecule has 0 atom stereocenters. The zero-order valence-corrected chi connectivity index (χ0v) is 11.7. The third-order valence-corrected chi connectivity index (χ3v) is 4.10. The Morgan fingerprint density at radius 1 is 1.05 bits per heavy atom. The zero-order valence-electron chi connectivity index (χ0n) is 10.9. The van der Waals surface area contributed by atoms with Crippen LogP contribution in [0.1, 0.15) is 10.6 Å². The van der Waals surface area contributed by atoms with Gasteiger partial charge in [-0.25, -0.2) is 4.98 Å². The number of thiazole rings is 1. The lowest BCUT2D eigenvalue weighted by molar-refractivity contribution is -0.117. The number of fused-ring (bicyclic) bond motifs is 1. The Balaban J connectivity index is 1.70. The molecule has 0 fully saturated rings. The van der Waals surface area contributed by atoms with Gasteiger partial charge in [0.2, 0.25) is 0 Å². The number of ketones is 1. The number of nitrogen functional groups attached to an aromatic ring is 1. The van der Waals surface area contributed by atoms with Crippen molar-refractivity contribution in [2.24, 2.45) is 0 Å². The highest BCUT2D eigenvalue weighted by Crippen LogP contribution is 2.22. The molecule has 3 rings (SSSR count). The highest BCUT2D eigenvalue weighted by atomic mass is 32.1. The first-order valence-corrected chi connectivity index (χ1v) is 7.23. The van der Waals surface area contributed by atoms with Crippen LogP contribution in [0.2, 0.25) is 0 Å². The normalized spacial score (nSPS) is 10.8. The average Bonchev–Trinajstić information content (AvgIpc) is 2.83. The number of para-hydroxylation sites is 1. The van der Waals surface area contributed by atoms with Crippen LogP contribution in [0.25, 0.3) is 10.2 Å². The van der Waals surface area contributed by atoms with Crippen LogP contribution in [0.5, 0.6) is 0 Å². The van der Waals surface area contributed by atoms with Crippen molar-refractivity contribution in [3.8, 4) is 0 Å². The summed E-state index contributed by atoms with van der Waals surface area (Å²) in [5.41, 5.74) is 8.30. The summed E-state index contributed by atoms with van der Waals surface area (Å²) >= 11 is 1.59. The third kappa shape index (κ3) is 2.86. The minimum Gasteiger partial charge on any atom is -0.399 e. The number of carbonyl (C=O) groups is 1. The lowest BCUT2D eigenvalue weighted by Crippen LogP contribution is -2.06. The number of nitrogens with zero attached hydrogens (tertiary/aromatic N) is 1. The molecule has 4 heteroatoms. The number of benzene rings is 2. The largest absolute Gasteiger partial charge is 0.399 e. The molecule has 0 aliphatic carbocycles. The van der Waals surface area contributed by atoms with Gasteiger partial charge in [-0.1, -0.05) is 24.3 Å². The standard InChI is InChI=1S/C16H14N2OS/c17-12-7-5-11(6-8-12)9-13(19)10-16-18-14-3-1-2-4-15(14)20-16/h1-8H,9-10,17H2. The van der Waals surface area contributed by atoms with Gasteiger partial charge in [-0.15, -0.1) is 11.3 Å². The van der Waals surface area contributed by atoms with Gasteiger partial charge in [0.05, 0.1) is 16.6 Å². The van der Waals surface area contributed by atoms with Crippen LogP contribution in [-0.2, 0) is 17.6 Å². The first-order valence-electron chi connectivity index (χ1n) is 6.41. The van der Waals surface area contributed by atoms with Crippen LogP contribution in [0.4, 0.5) is 5.69 Å². The zero-order chi connectivity index (χ0) is 13.9. The molecule has 3 nitrogen and oxygen atoms in total. The van der Waals surface area contributed by atoms with Crippen molar-refractivity contribution < 1.29 is 4.79 Å². The highest BCUT2D eigenvalue weighted by molar-refractivity contribution is 7.18. The molecule has 2 N–H and O–H groups in total. The second kappa shape index (κ2) is 5.43. The molecule has 100 valence electrons. The molecule has 20 heavy (non-hydrogen) atoms. The highest BCUT2D eigenvalue weighted by Gasteiger charge is 2.09. The predicted octanol–water partition coefficient (Wildman–Crippen LogP) is 3.23. The van der Waals surface area contributed by atoms with E-state index in [0.29, 0.717) is 18.5 Å². The molecule has 1 aromatic heterocycles. The first kappa shape index (κ1) is 12.8. The maximum absolute atomic E-state index is 12.1. The molecule has 0 bridgehead atoms. The van der Waals surface area contributed by atoms with Gasteiger partial charge in [0.1, 0.15) is 10.8 Å². The third-order valence-electron chi connectivity index (χ3n) is 3.07. The van der Waals surface area contributed by atoms with Crippen LogP contribution in [-0.4, -0.2) is 10.8 Å². The Morgan fingerprint density at radius 2 is 1.80 bits per heavy atom. The van der Waals surface area contributed by atoms with Crippen molar-refractivity contribution in [3.05, 3.63) is 59.1 Å². The number of hydrogen-bond acceptors (Lipinski definition) is 4. The van der Waals surface area contributed by atoms with E-state index in [4.69, 9.17) is 5.73 Å². The Bertz CT molecular complexity index is 714. The monoisotopic (exact) mass is 282 g/mol. The van der Waals surface area contributed by atoms with Crippen LogP contribution >= 0.6 is 11.3 Å². The smallest absolute Gasteiger partial charge is 0.144 e. The number of Topliss-reactive ketones (excluding diaryl/α,β-unsaturated/α-hetero) is 1. The molecule has 0 saturated carbocycles. The van der Waals surface area contributed by atoms with Gasteiger partial charge >= 0.3 is 0 Å². The second-order valence-corrected chi connectivity index (χ2v) is 5.82. The Hall–Kier alpha value is -2.20. The molecular formula is C16H14N2OS. The summed E-state index contributed by atoms with van der Waals surface area (Å²) in [6, 6.07) is 15.4. The van der Waals surface area contributed by atoms with Gasteiger partial charge in [0.15, 0.2) is 0 Å². The molecule has 0 aliphatic heterocycles. The van der Waals surface area contributed by atoms with Gasteiger partial charge in [-0.05, 0) is 29.8 Å². The van der Waals surface area contributed by atoms with Crippen molar-refractivity contribution in [3.63, 3.8) is 0 Å². The maximum atomic E-state index is 12.1. The molecular weight excluding hydrogens is 268 g/mol. The van der Waals surface area contributed by atoms with Crippen molar-refractivity contribution >= 4 is 33.0 Å². The van der Waals surface area contributed by atoms with Gasteiger partial charge in [-0.3, -0.25) is 4.79 Å². The van der Waals surface area contributed by atoms with E-state index in [0.717, 1.165) is 20.8 Å². The minimum absolute atomic E-state index is 0.175. The molecule has 0 radical (unpaired) electrons. The van der Waals surface area contributed by atoms with E-state index < -0.39 is 0 Å². The van der Waals surface area contributed by atoms with Gasteiger partial charge in [-0.2, -0.15) is 0 Å². The van der Waals surface area contributed by atoms with Gasteiger partial charge < -0.3 is 5.73 Å². The van der Waals surface area contributed by atoms with Crippen molar-refractivity contribution in [2.45, 2.75) is 12.8 Å². The van der Waals surface area contributed by atoms with Crippen molar-refractivity contribution in [1.82, 2.24) is 4.98 Å². The summed E-state index contributed by atoms with van der Waals surface area (Å²) in [4.78, 5) is 16.6. The molecule has 0 unspecified atom stereocenters. The lowest BCUT2D eigenvalue weighted by atomic mass is 10.1. The molecule has 2 aromatic carbocycles. The fourth-order valence-corrected chi connectivity index (χ4v) is 3.09. The summed E-state index contributed by atoms with van der Waals surface area (Å²) in [5, 5.41) is 0.881. The Labute approximate surface area is 121 Å². The molecule has 1 heterocycles. The molecule has 3 aromatic rings. The van der Waals surface area contributed by atoms with Crippen LogP contribution < -0.4 is 5.73 Å². The Kier molecular flexibility index (Phi) is 3.48. The average molecular weight is 282 g/mol. The molecule has 0 saturated heterocycles. The van der Waals surface area contributed by atoms with Crippen LogP contribution in [0, 0.1) is 0 Å². The summed E-state index contributed by atoms with van der Waals surface area (Å²) in [5.74, 6) is 0.175. The predicted molar refractivity (Wildman–Crippen MR) is 82.9 cm³/mol. The first-order chi connectivity index (χ1) is 9.70. The van der Waals surface area contributed by atoms with E-state index in [9.17, 15) is 4.79 Å². The quantitative estimate of drug-likeness (QED) is 0.747. The number of hydrogen-bond donors (Lipinski definition) is 1. The summed E-state index contributed by atoms with van der Waals surface area (Å²) < 4.78 is 1.13. The number of aromatic nitrogens is 1. The molecule has 0 spiro atoms.